The van der Waals surface area contributed by atoms with Crippen LogP contribution in [0.25, 0.3) is 0 Å². The maximum Gasteiger partial charge on any atom is 0.224 e. The molecule has 0 aliphatic carbocycles. The fraction of sp³-hybridized carbons (Fsp3) is 0.500. The van der Waals surface area contributed by atoms with Crippen LogP contribution in [0.2, 0.25) is 0 Å². The molecule has 5 nitrogen and oxygen atoms in total. The van der Waals surface area contributed by atoms with Gasteiger partial charge in [-0.3, -0.25) is 4.79 Å². The van der Waals surface area contributed by atoms with Crippen molar-refractivity contribution in [2.24, 2.45) is 0 Å². The summed E-state index contributed by atoms with van der Waals surface area (Å²) in [7, 11) is 0. The Balaban J connectivity index is 1.74. The molecule has 110 valence electrons. The number of amides is 1. The quantitative estimate of drug-likeness (QED) is 0.708. The fourth-order valence-electron chi connectivity index (χ4n) is 2.33. The summed E-state index contributed by atoms with van der Waals surface area (Å²) in [6.45, 7) is 2.31. The molecule has 0 spiro atoms. The van der Waals surface area contributed by atoms with Crippen LogP contribution in [0.1, 0.15) is 19.3 Å². The van der Waals surface area contributed by atoms with Crippen molar-refractivity contribution in [2.45, 2.75) is 25.4 Å². The normalized spacial score (nSPS) is 19.2. The predicted octanol–water partition coefficient (Wildman–Crippen LogP) is 1.19. The number of nitrogens with zero attached hydrogens (tertiary/aromatic N) is 1. The molecule has 4 N–H and O–H groups in total. The summed E-state index contributed by atoms with van der Waals surface area (Å²) in [5, 5.41) is 11.9. The second-order valence-corrected chi connectivity index (χ2v) is 5.13. The number of aliphatic hydroxyl groups is 1. The largest absolute Gasteiger partial charge is 0.399 e. The number of benzene rings is 1. The maximum atomic E-state index is 13.4. The second kappa shape index (κ2) is 6.67. The second-order valence-electron chi connectivity index (χ2n) is 5.13. The van der Waals surface area contributed by atoms with Crippen LogP contribution in [0.15, 0.2) is 18.2 Å². The van der Waals surface area contributed by atoms with Gasteiger partial charge < -0.3 is 21.1 Å². The lowest BCUT2D eigenvalue weighted by molar-refractivity contribution is -0.116. The zero-order valence-electron chi connectivity index (χ0n) is 11.3. The van der Waals surface area contributed by atoms with Gasteiger partial charge in [0.2, 0.25) is 5.91 Å². The van der Waals surface area contributed by atoms with Crippen molar-refractivity contribution in [3.63, 3.8) is 0 Å². The summed E-state index contributed by atoms with van der Waals surface area (Å²) in [6, 6.07) is 4.09. The maximum absolute atomic E-state index is 13.4. The van der Waals surface area contributed by atoms with E-state index in [2.05, 4.69) is 10.2 Å². The average Bonchev–Trinajstić information content (AvgIpc) is 2.80. The van der Waals surface area contributed by atoms with Gasteiger partial charge in [0, 0.05) is 25.2 Å². The molecule has 1 atom stereocenters. The van der Waals surface area contributed by atoms with Gasteiger partial charge in [0.25, 0.3) is 0 Å². The van der Waals surface area contributed by atoms with Crippen molar-refractivity contribution in [2.75, 3.05) is 30.7 Å². The monoisotopic (exact) mass is 281 g/mol. The molecule has 1 aliphatic heterocycles. The van der Waals surface area contributed by atoms with Gasteiger partial charge in [-0.2, -0.15) is 0 Å². The molecule has 0 bridgehead atoms. The summed E-state index contributed by atoms with van der Waals surface area (Å²) in [6.07, 6.45) is 1.55. The Morgan fingerprint density at radius 2 is 2.35 bits per heavy atom. The van der Waals surface area contributed by atoms with Gasteiger partial charge in [0.15, 0.2) is 0 Å². The minimum Gasteiger partial charge on any atom is -0.399 e. The number of rotatable bonds is 5. The van der Waals surface area contributed by atoms with Crippen LogP contribution in [0, 0.1) is 5.82 Å². The highest BCUT2D eigenvalue weighted by Crippen LogP contribution is 2.18. The number of nitrogen functional groups attached to an aromatic ring is 1. The molecule has 1 aromatic carbocycles. The standard InChI is InChI=1S/C14H20FN3O2/c15-12-4-3-10(16)8-13(12)17-14(20)2-1-6-18-7-5-11(19)9-18/h3-4,8,11,19H,1-2,5-7,9,16H2,(H,17,20). The first kappa shape index (κ1) is 14.7. The van der Waals surface area contributed by atoms with E-state index < -0.39 is 5.82 Å². The van der Waals surface area contributed by atoms with Crippen LogP contribution in [0.5, 0.6) is 0 Å². The first-order valence-corrected chi connectivity index (χ1v) is 6.80. The van der Waals surface area contributed by atoms with Crippen molar-refractivity contribution in [3.05, 3.63) is 24.0 Å². The van der Waals surface area contributed by atoms with E-state index in [1.807, 2.05) is 0 Å². The van der Waals surface area contributed by atoms with Crippen LogP contribution >= 0.6 is 0 Å². The summed E-state index contributed by atoms with van der Waals surface area (Å²) in [5.41, 5.74) is 6.08. The van der Waals surface area contributed by atoms with Crippen molar-refractivity contribution in [1.29, 1.82) is 0 Å². The number of hydrogen-bond acceptors (Lipinski definition) is 4. The average molecular weight is 281 g/mol. The number of carbonyl (C=O) groups excluding carboxylic acids is 1. The van der Waals surface area contributed by atoms with Crippen LogP contribution in [0.4, 0.5) is 15.8 Å². The summed E-state index contributed by atoms with van der Waals surface area (Å²) in [5.74, 6) is -0.718. The molecule has 0 aromatic heterocycles. The number of aliphatic hydroxyl groups excluding tert-OH is 1. The molecule has 1 fully saturated rings. The molecular weight excluding hydrogens is 261 g/mol. The Bertz CT molecular complexity index is 481. The molecule has 1 heterocycles. The molecule has 1 amide bonds. The molecular formula is C14H20FN3O2. The van der Waals surface area contributed by atoms with E-state index in [9.17, 15) is 14.3 Å². The first-order chi connectivity index (χ1) is 9.54. The van der Waals surface area contributed by atoms with Gasteiger partial charge >= 0.3 is 0 Å². The van der Waals surface area contributed by atoms with Crippen molar-refractivity contribution < 1.29 is 14.3 Å². The summed E-state index contributed by atoms with van der Waals surface area (Å²) < 4.78 is 13.4. The van der Waals surface area contributed by atoms with E-state index in [0.29, 0.717) is 25.1 Å². The number of anilines is 2. The number of nitrogens with one attached hydrogen (secondary N) is 1. The minimum absolute atomic E-state index is 0.117. The lowest BCUT2D eigenvalue weighted by Gasteiger charge is -2.14. The Morgan fingerprint density at radius 1 is 1.55 bits per heavy atom. The van der Waals surface area contributed by atoms with Crippen LogP contribution in [0.3, 0.4) is 0 Å². The number of halogens is 1. The van der Waals surface area contributed by atoms with Crippen LogP contribution < -0.4 is 11.1 Å². The van der Waals surface area contributed by atoms with Gasteiger partial charge in [-0.05, 0) is 37.6 Å². The number of β-amino-alcohol motifs (C(OH)–C–C–N with tert-alkyl or cyclic N) is 1. The van der Waals surface area contributed by atoms with E-state index in [4.69, 9.17) is 5.73 Å². The highest BCUT2D eigenvalue weighted by Gasteiger charge is 2.19. The third-order valence-electron chi connectivity index (χ3n) is 3.39. The third kappa shape index (κ3) is 4.18. The van der Waals surface area contributed by atoms with E-state index in [-0.39, 0.29) is 17.7 Å². The molecule has 2 rings (SSSR count). The van der Waals surface area contributed by atoms with Crippen molar-refractivity contribution in [1.82, 2.24) is 4.90 Å². The van der Waals surface area contributed by atoms with E-state index in [1.54, 1.807) is 0 Å². The number of likely N-dealkylation sites (tertiary alicyclic amines) is 1. The molecule has 6 heteroatoms. The molecule has 0 radical (unpaired) electrons. The third-order valence-corrected chi connectivity index (χ3v) is 3.39. The van der Waals surface area contributed by atoms with Crippen molar-refractivity contribution in [3.8, 4) is 0 Å². The molecule has 1 aliphatic rings. The molecule has 1 unspecified atom stereocenters. The van der Waals surface area contributed by atoms with E-state index in [0.717, 1.165) is 19.5 Å². The molecule has 20 heavy (non-hydrogen) atoms. The van der Waals surface area contributed by atoms with Crippen LogP contribution in [-0.4, -0.2) is 41.7 Å². The van der Waals surface area contributed by atoms with E-state index in [1.165, 1.54) is 18.2 Å². The van der Waals surface area contributed by atoms with Gasteiger partial charge in [-0.15, -0.1) is 0 Å². The SMILES string of the molecule is Nc1ccc(F)c(NC(=O)CCCN2CCC(O)C2)c1. The van der Waals surface area contributed by atoms with Gasteiger partial charge in [-0.25, -0.2) is 4.39 Å². The topological polar surface area (TPSA) is 78.6 Å². The molecule has 1 aromatic rings. The highest BCUT2D eigenvalue weighted by molar-refractivity contribution is 5.91. The minimum atomic E-state index is -0.491. The number of hydrogen-bond donors (Lipinski definition) is 3. The summed E-state index contributed by atoms with van der Waals surface area (Å²) in [4.78, 5) is 13.9. The van der Waals surface area contributed by atoms with Crippen LogP contribution in [-0.2, 0) is 4.79 Å². The Kier molecular flexibility index (Phi) is 4.92. The molecule has 1 saturated heterocycles. The van der Waals surface area contributed by atoms with Gasteiger partial charge in [0.1, 0.15) is 5.82 Å². The zero-order chi connectivity index (χ0) is 14.5. The predicted molar refractivity (Wildman–Crippen MR) is 75.7 cm³/mol. The fourth-order valence-corrected chi connectivity index (χ4v) is 2.33. The number of nitrogens with two attached hydrogens (primary N) is 1. The van der Waals surface area contributed by atoms with Crippen molar-refractivity contribution >= 4 is 17.3 Å². The first-order valence-electron chi connectivity index (χ1n) is 6.80. The lowest BCUT2D eigenvalue weighted by Crippen LogP contribution is -2.24. The van der Waals surface area contributed by atoms with Gasteiger partial charge in [-0.1, -0.05) is 0 Å². The van der Waals surface area contributed by atoms with Gasteiger partial charge in [0.05, 0.1) is 11.8 Å². The zero-order valence-corrected chi connectivity index (χ0v) is 11.3. The Morgan fingerprint density at radius 3 is 3.05 bits per heavy atom. The smallest absolute Gasteiger partial charge is 0.224 e. The lowest BCUT2D eigenvalue weighted by atomic mass is 10.2. The Labute approximate surface area is 117 Å². The number of carbonyl (C=O) groups is 1. The molecule has 0 saturated carbocycles. The summed E-state index contributed by atoms with van der Waals surface area (Å²) >= 11 is 0. The van der Waals surface area contributed by atoms with E-state index >= 15 is 0 Å². The highest BCUT2D eigenvalue weighted by atomic mass is 19.1. The Hall–Kier alpha value is -1.66.